The number of hydrogen-bond acceptors (Lipinski definition) is 1. The number of hydrogen-bond donors (Lipinski definition) is 1. The molecule has 2 fully saturated rings. The largest absolute Gasteiger partial charge is 0.311 e. The monoisotopic (exact) mass is 291 g/mol. The van der Waals surface area contributed by atoms with Gasteiger partial charge in [-0.15, -0.1) is 0 Å². The molecule has 110 valence electrons. The number of halogens is 1. The summed E-state index contributed by atoms with van der Waals surface area (Å²) in [6, 6.07) is 8.44. The fraction of sp³-hybridized carbons (Fsp3) is 0.667. The van der Waals surface area contributed by atoms with Crippen LogP contribution < -0.4 is 5.32 Å². The molecule has 0 amide bonds. The standard InChI is InChI=1S/C18H26ClN/c1-16(2,3)20-13-18(11-17(12-18)9-6-10-17)14-7-4-5-8-15(14)19/h4-5,7-8,20H,6,9-13H2,1-3H3. The topological polar surface area (TPSA) is 12.0 Å². The van der Waals surface area contributed by atoms with Gasteiger partial charge in [-0.3, -0.25) is 0 Å². The van der Waals surface area contributed by atoms with Gasteiger partial charge in [0, 0.05) is 22.5 Å². The summed E-state index contributed by atoms with van der Waals surface area (Å²) in [5.41, 5.74) is 2.43. The van der Waals surface area contributed by atoms with Crippen molar-refractivity contribution in [1.82, 2.24) is 5.32 Å². The first-order valence-corrected chi connectivity index (χ1v) is 8.22. The molecule has 0 aliphatic heterocycles. The molecule has 0 aromatic heterocycles. The summed E-state index contributed by atoms with van der Waals surface area (Å²) in [5, 5.41) is 4.66. The third-order valence-electron chi connectivity index (χ3n) is 5.24. The SMILES string of the molecule is CC(C)(C)NCC1(c2ccccc2Cl)CC2(CCC2)C1. The lowest BCUT2D eigenvalue weighted by Gasteiger charge is -2.62. The van der Waals surface area contributed by atoms with Crippen LogP contribution in [-0.2, 0) is 5.41 Å². The average Bonchev–Trinajstić information content (AvgIpc) is 2.26. The van der Waals surface area contributed by atoms with Crippen molar-refractivity contribution in [3.8, 4) is 0 Å². The Bertz CT molecular complexity index is 488. The van der Waals surface area contributed by atoms with E-state index in [0.717, 1.165) is 11.6 Å². The highest BCUT2D eigenvalue weighted by Gasteiger charge is 2.57. The van der Waals surface area contributed by atoms with E-state index in [1.54, 1.807) is 0 Å². The molecule has 0 heterocycles. The molecule has 0 unspecified atom stereocenters. The lowest BCUT2D eigenvalue weighted by atomic mass is 9.43. The van der Waals surface area contributed by atoms with E-state index < -0.39 is 0 Å². The zero-order valence-electron chi connectivity index (χ0n) is 12.9. The zero-order chi connectivity index (χ0) is 14.4. The lowest BCUT2D eigenvalue weighted by molar-refractivity contribution is -0.0502. The van der Waals surface area contributed by atoms with E-state index >= 15 is 0 Å². The van der Waals surface area contributed by atoms with Gasteiger partial charge in [-0.1, -0.05) is 36.2 Å². The molecule has 2 saturated carbocycles. The van der Waals surface area contributed by atoms with Gasteiger partial charge >= 0.3 is 0 Å². The Balaban J connectivity index is 1.83. The minimum atomic E-state index is 0.163. The van der Waals surface area contributed by atoms with E-state index in [9.17, 15) is 0 Å². The predicted octanol–water partition coefficient (Wildman–Crippen LogP) is 4.93. The van der Waals surface area contributed by atoms with Crippen LogP contribution in [0.5, 0.6) is 0 Å². The summed E-state index contributed by atoms with van der Waals surface area (Å²) in [6.45, 7) is 7.77. The number of nitrogens with one attached hydrogen (secondary N) is 1. The highest BCUT2D eigenvalue weighted by Crippen LogP contribution is 2.65. The summed E-state index contributed by atoms with van der Waals surface area (Å²) >= 11 is 6.50. The van der Waals surface area contributed by atoms with Crippen molar-refractivity contribution in [2.75, 3.05) is 6.54 Å². The summed E-state index contributed by atoms with van der Waals surface area (Å²) < 4.78 is 0. The Labute approximate surface area is 128 Å². The van der Waals surface area contributed by atoms with Gasteiger partial charge in [0.15, 0.2) is 0 Å². The molecular weight excluding hydrogens is 266 g/mol. The molecule has 0 radical (unpaired) electrons. The van der Waals surface area contributed by atoms with Crippen LogP contribution >= 0.6 is 11.6 Å². The van der Waals surface area contributed by atoms with E-state index in [4.69, 9.17) is 11.6 Å². The minimum absolute atomic E-state index is 0.163. The molecule has 2 aliphatic rings. The summed E-state index contributed by atoms with van der Waals surface area (Å²) in [4.78, 5) is 0. The second-order valence-electron chi connectivity index (χ2n) is 8.07. The second-order valence-corrected chi connectivity index (χ2v) is 8.48. The van der Waals surface area contributed by atoms with Crippen molar-refractivity contribution in [3.05, 3.63) is 34.9 Å². The van der Waals surface area contributed by atoms with Gasteiger partial charge < -0.3 is 5.32 Å². The van der Waals surface area contributed by atoms with Crippen LogP contribution in [0, 0.1) is 5.41 Å². The normalized spacial score (nSPS) is 23.2. The van der Waals surface area contributed by atoms with Crippen LogP contribution in [0.25, 0.3) is 0 Å². The Morgan fingerprint density at radius 2 is 1.80 bits per heavy atom. The number of rotatable bonds is 3. The first-order chi connectivity index (χ1) is 9.34. The molecule has 1 aromatic rings. The average molecular weight is 292 g/mol. The summed E-state index contributed by atoms with van der Waals surface area (Å²) in [7, 11) is 0. The second kappa shape index (κ2) is 4.74. The molecule has 20 heavy (non-hydrogen) atoms. The molecule has 3 rings (SSSR count). The van der Waals surface area contributed by atoms with Gasteiger partial charge in [-0.25, -0.2) is 0 Å². The van der Waals surface area contributed by atoms with Crippen molar-refractivity contribution in [2.45, 2.75) is 63.8 Å². The predicted molar refractivity (Wildman–Crippen MR) is 86.4 cm³/mol. The molecule has 1 nitrogen and oxygen atoms in total. The highest BCUT2D eigenvalue weighted by atomic mass is 35.5. The quantitative estimate of drug-likeness (QED) is 0.832. The van der Waals surface area contributed by atoms with Crippen molar-refractivity contribution in [3.63, 3.8) is 0 Å². The molecule has 0 atom stereocenters. The maximum absolute atomic E-state index is 6.50. The fourth-order valence-electron chi connectivity index (χ4n) is 4.15. The smallest absolute Gasteiger partial charge is 0.0444 e. The van der Waals surface area contributed by atoms with E-state index in [1.165, 1.54) is 37.7 Å². The van der Waals surface area contributed by atoms with Crippen molar-refractivity contribution in [2.24, 2.45) is 5.41 Å². The Morgan fingerprint density at radius 1 is 1.15 bits per heavy atom. The Morgan fingerprint density at radius 3 is 2.30 bits per heavy atom. The third-order valence-corrected chi connectivity index (χ3v) is 5.57. The molecule has 2 heteroatoms. The van der Waals surface area contributed by atoms with Crippen molar-refractivity contribution in [1.29, 1.82) is 0 Å². The lowest BCUT2D eigenvalue weighted by Crippen LogP contribution is -2.59. The van der Waals surface area contributed by atoms with Gasteiger partial charge in [0.25, 0.3) is 0 Å². The molecule has 1 N–H and O–H groups in total. The highest BCUT2D eigenvalue weighted by molar-refractivity contribution is 6.31. The molecule has 1 spiro atoms. The van der Waals surface area contributed by atoms with Gasteiger partial charge in [0.1, 0.15) is 0 Å². The van der Waals surface area contributed by atoms with Gasteiger partial charge in [-0.05, 0) is 63.5 Å². The van der Waals surface area contributed by atoms with Crippen LogP contribution in [0.4, 0.5) is 0 Å². The zero-order valence-corrected chi connectivity index (χ0v) is 13.7. The van der Waals surface area contributed by atoms with E-state index in [-0.39, 0.29) is 11.0 Å². The van der Waals surface area contributed by atoms with E-state index in [2.05, 4.69) is 38.2 Å². The molecule has 0 bridgehead atoms. The Hall–Kier alpha value is -0.530. The van der Waals surface area contributed by atoms with Crippen LogP contribution in [0.2, 0.25) is 5.02 Å². The maximum Gasteiger partial charge on any atom is 0.0444 e. The molecule has 0 saturated heterocycles. The number of benzene rings is 1. The maximum atomic E-state index is 6.50. The van der Waals surface area contributed by atoms with Crippen molar-refractivity contribution < 1.29 is 0 Å². The van der Waals surface area contributed by atoms with Crippen LogP contribution in [0.15, 0.2) is 24.3 Å². The fourth-order valence-corrected chi connectivity index (χ4v) is 4.49. The minimum Gasteiger partial charge on any atom is -0.311 e. The summed E-state index contributed by atoms with van der Waals surface area (Å²) in [6.07, 6.45) is 6.90. The van der Waals surface area contributed by atoms with Crippen LogP contribution in [-0.4, -0.2) is 12.1 Å². The molecule has 1 aromatic carbocycles. The first kappa shape index (κ1) is 14.4. The van der Waals surface area contributed by atoms with E-state index in [1.807, 2.05) is 12.1 Å². The molecular formula is C18H26ClN. The third kappa shape index (κ3) is 2.51. The van der Waals surface area contributed by atoms with Gasteiger partial charge in [0.2, 0.25) is 0 Å². The van der Waals surface area contributed by atoms with Gasteiger partial charge in [0.05, 0.1) is 0 Å². The van der Waals surface area contributed by atoms with Crippen LogP contribution in [0.1, 0.15) is 58.4 Å². The van der Waals surface area contributed by atoms with E-state index in [0.29, 0.717) is 5.41 Å². The molecule has 2 aliphatic carbocycles. The van der Waals surface area contributed by atoms with Crippen molar-refractivity contribution >= 4 is 11.6 Å². The van der Waals surface area contributed by atoms with Gasteiger partial charge in [-0.2, -0.15) is 0 Å². The summed E-state index contributed by atoms with van der Waals surface area (Å²) in [5.74, 6) is 0. The van der Waals surface area contributed by atoms with Crippen LogP contribution in [0.3, 0.4) is 0 Å². The first-order valence-electron chi connectivity index (χ1n) is 7.84. The Kier molecular flexibility index (Phi) is 3.42.